The number of carbonyl (C=O) groups excluding carboxylic acids is 1. The molecule has 0 saturated heterocycles. The molecule has 1 aromatic rings. The van der Waals surface area contributed by atoms with E-state index < -0.39 is 11.5 Å². The van der Waals surface area contributed by atoms with E-state index in [0.717, 1.165) is 13.2 Å². The van der Waals surface area contributed by atoms with Gasteiger partial charge in [-0.1, -0.05) is 0 Å². The Labute approximate surface area is 99.3 Å². The highest BCUT2D eigenvalue weighted by Gasteiger charge is 2.31. The molecule has 0 heterocycles. The maximum absolute atomic E-state index is 12.2. The van der Waals surface area contributed by atoms with Gasteiger partial charge in [-0.15, -0.1) is 0 Å². The van der Waals surface area contributed by atoms with Gasteiger partial charge in [0.2, 0.25) is 0 Å². The number of rotatable bonds is 3. The van der Waals surface area contributed by atoms with Crippen LogP contribution >= 0.6 is 11.8 Å². The number of ether oxygens (including phenoxy) is 1. The van der Waals surface area contributed by atoms with E-state index in [1.54, 1.807) is 0 Å². The summed E-state index contributed by atoms with van der Waals surface area (Å²) in [5, 5.41) is 0. The standard InChI is InChI=1S/C9H9F3N2O2S/c1-16-8(15)6-4-5(14-13)2-3-7(6)17-9(10,11)12/h2-4,14H,13H2,1H3. The van der Waals surface area contributed by atoms with E-state index in [1.165, 1.54) is 12.1 Å². The zero-order valence-electron chi connectivity index (χ0n) is 8.67. The lowest BCUT2D eigenvalue weighted by Gasteiger charge is -2.11. The van der Waals surface area contributed by atoms with Crippen LogP contribution in [-0.4, -0.2) is 18.6 Å². The lowest BCUT2D eigenvalue weighted by atomic mass is 10.2. The number of hydrogen-bond acceptors (Lipinski definition) is 5. The Hall–Kier alpha value is -1.41. The van der Waals surface area contributed by atoms with Crippen LogP contribution in [0.1, 0.15) is 10.4 Å². The minimum absolute atomic E-state index is 0.190. The van der Waals surface area contributed by atoms with Gasteiger partial charge in [0.05, 0.1) is 12.7 Å². The second kappa shape index (κ2) is 5.28. The molecule has 1 rings (SSSR count). The average molecular weight is 266 g/mol. The zero-order chi connectivity index (χ0) is 13.1. The van der Waals surface area contributed by atoms with Gasteiger partial charge in [-0.25, -0.2) is 4.79 Å². The van der Waals surface area contributed by atoms with Crippen LogP contribution in [0.4, 0.5) is 18.9 Å². The van der Waals surface area contributed by atoms with Gasteiger partial charge in [0.15, 0.2) is 0 Å². The molecule has 0 atom stereocenters. The third-order valence-corrected chi connectivity index (χ3v) is 2.58. The fourth-order valence-corrected chi connectivity index (χ4v) is 1.74. The molecule has 1 aromatic carbocycles. The highest BCUT2D eigenvalue weighted by atomic mass is 32.2. The van der Waals surface area contributed by atoms with Crippen molar-refractivity contribution >= 4 is 23.4 Å². The summed E-state index contributed by atoms with van der Waals surface area (Å²) in [6.45, 7) is 0. The van der Waals surface area contributed by atoms with E-state index in [-0.39, 0.29) is 22.2 Å². The number of hydrazine groups is 1. The Bertz CT molecular complexity index is 423. The summed E-state index contributed by atoms with van der Waals surface area (Å²) >= 11 is -0.379. The maximum atomic E-state index is 12.2. The number of benzene rings is 1. The van der Waals surface area contributed by atoms with Crippen molar-refractivity contribution in [3.8, 4) is 0 Å². The van der Waals surface area contributed by atoms with Crippen molar-refractivity contribution in [2.45, 2.75) is 10.4 Å². The molecule has 0 saturated carbocycles. The van der Waals surface area contributed by atoms with E-state index in [1.807, 2.05) is 0 Å². The highest BCUT2D eigenvalue weighted by Crippen LogP contribution is 2.39. The molecule has 0 aromatic heterocycles. The summed E-state index contributed by atoms with van der Waals surface area (Å²) in [4.78, 5) is 11.1. The molecule has 4 nitrogen and oxygen atoms in total. The number of carbonyl (C=O) groups is 1. The molecule has 0 spiro atoms. The van der Waals surface area contributed by atoms with Crippen LogP contribution in [0, 0.1) is 0 Å². The molecule has 8 heteroatoms. The fraction of sp³-hybridized carbons (Fsp3) is 0.222. The molecule has 0 fully saturated rings. The van der Waals surface area contributed by atoms with Crippen LogP contribution in [-0.2, 0) is 4.74 Å². The Morgan fingerprint density at radius 2 is 2.12 bits per heavy atom. The molecule has 0 bridgehead atoms. The van der Waals surface area contributed by atoms with Crippen molar-refractivity contribution < 1.29 is 22.7 Å². The minimum Gasteiger partial charge on any atom is -0.465 e. The van der Waals surface area contributed by atoms with Crippen LogP contribution in [0.2, 0.25) is 0 Å². The molecular formula is C9H9F3N2O2S. The highest BCUT2D eigenvalue weighted by molar-refractivity contribution is 8.00. The average Bonchev–Trinajstić information content (AvgIpc) is 2.26. The van der Waals surface area contributed by atoms with Crippen LogP contribution in [0.3, 0.4) is 0 Å². The molecule has 0 aliphatic rings. The quantitative estimate of drug-likeness (QED) is 0.380. The van der Waals surface area contributed by atoms with Gasteiger partial charge in [0.1, 0.15) is 0 Å². The van der Waals surface area contributed by atoms with Gasteiger partial charge >= 0.3 is 11.5 Å². The second-order valence-electron chi connectivity index (χ2n) is 2.89. The Morgan fingerprint density at radius 1 is 1.47 bits per heavy atom. The van der Waals surface area contributed by atoms with E-state index >= 15 is 0 Å². The zero-order valence-corrected chi connectivity index (χ0v) is 9.48. The first kappa shape index (κ1) is 13.7. The molecule has 3 N–H and O–H groups in total. The van der Waals surface area contributed by atoms with Gasteiger partial charge in [0.25, 0.3) is 0 Å². The molecule has 94 valence electrons. The van der Waals surface area contributed by atoms with Crippen LogP contribution < -0.4 is 11.3 Å². The third-order valence-electron chi connectivity index (χ3n) is 1.78. The van der Waals surface area contributed by atoms with Crippen LogP contribution in [0.25, 0.3) is 0 Å². The first-order valence-corrected chi connectivity index (χ1v) is 5.13. The molecule has 0 aliphatic heterocycles. The molecule has 0 radical (unpaired) electrons. The number of anilines is 1. The number of thioether (sulfide) groups is 1. The fourth-order valence-electron chi connectivity index (χ4n) is 1.10. The molecular weight excluding hydrogens is 257 g/mol. The van der Waals surface area contributed by atoms with Crippen molar-refractivity contribution in [3.05, 3.63) is 23.8 Å². The first-order valence-electron chi connectivity index (χ1n) is 4.32. The largest absolute Gasteiger partial charge is 0.465 e. The Balaban J connectivity index is 3.15. The van der Waals surface area contributed by atoms with Crippen molar-refractivity contribution in [1.82, 2.24) is 0 Å². The topological polar surface area (TPSA) is 64.3 Å². The van der Waals surface area contributed by atoms with Crippen molar-refractivity contribution in [1.29, 1.82) is 0 Å². The normalized spacial score (nSPS) is 11.1. The number of esters is 1. The lowest BCUT2D eigenvalue weighted by Crippen LogP contribution is -2.10. The number of halogens is 3. The molecule has 0 aliphatic carbocycles. The molecule has 0 amide bonds. The SMILES string of the molecule is COC(=O)c1cc(NN)ccc1SC(F)(F)F. The van der Waals surface area contributed by atoms with E-state index in [9.17, 15) is 18.0 Å². The van der Waals surface area contributed by atoms with Crippen molar-refractivity contribution in [3.63, 3.8) is 0 Å². The predicted molar refractivity (Wildman–Crippen MR) is 57.5 cm³/mol. The number of nitrogens with two attached hydrogens (primary N) is 1. The van der Waals surface area contributed by atoms with Crippen LogP contribution in [0.5, 0.6) is 0 Å². The smallest absolute Gasteiger partial charge is 0.446 e. The van der Waals surface area contributed by atoms with Gasteiger partial charge in [-0.2, -0.15) is 13.2 Å². The number of methoxy groups -OCH3 is 1. The van der Waals surface area contributed by atoms with Crippen molar-refractivity contribution in [2.24, 2.45) is 5.84 Å². The Kier molecular flexibility index (Phi) is 4.24. The number of nitrogens with one attached hydrogen (secondary N) is 1. The van der Waals surface area contributed by atoms with E-state index in [4.69, 9.17) is 5.84 Å². The maximum Gasteiger partial charge on any atom is 0.446 e. The van der Waals surface area contributed by atoms with E-state index in [2.05, 4.69) is 10.2 Å². The predicted octanol–water partition coefficient (Wildman–Crippen LogP) is 2.37. The van der Waals surface area contributed by atoms with Gasteiger partial charge < -0.3 is 10.2 Å². The third kappa shape index (κ3) is 3.82. The summed E-state index contributed by atoms with van der Waals surface area (Å²) in [7, 11) is 1.09. The first-order chi connectivity index (χ1) is 7.87. The monoisotopic (exact) mass is 266 g/mol. The summed E-state index contributed by atoms with van der Waals surface area (Å²) in [6, 6.07) is 3.68. The molecule has 0 unspecified atom stereocenters. The van der Waals surface area contributed by atoms with Crippen molar-refractivity contribution in [2.75, 3.05) is 12.5 Å². The lowest BCUT2D eigenvalue weighted by molar-refractivity contribution is -0.0328. The summed E-state index contributed by atoms with van der Waals surface area (Å²) < 4.78 is 41.1. The second-order valence-corrected chi connectivity index (χ2v) is 4.00. The van der Waals surface area contributed by atoms with Gasteiger partial charge in [-0.05, 0) is 30.0 Å². The minimum atomic E-state index is -4.47. The summed E-state index contributed by atoms with van der Waals surface area (Å²) in [5.41, 5.74) is -2.11. The van der Waals surface area contributed by atoms with Gasteiger partial charge in [0, 0.05) is 10.6 Å². The number of hydrogen-bond donors (Lipinski definition) is 2. The number of alkyl halides is 3. The van der Waals surface area contributed by atoms with Gasteiger partial charge in [-0.3, -0.25) is 5.84 Å². The van der Waals surface area contributed by atoms with E-state index in [0.29, 0.717) is 5.69 Å². The van der Waals surface area contributed by atoms with Crippen LogP contribution in [0.15, 0.2) is 23.1 Å². The molecule has 17 heavy (non-hydrogen) atoms. The summed E-state index contributed by atoms with van der Waals surface area (Å²) in [5.74, 6) is 4.25. The summed E-state index contributed by atoms with van der Waals surface area (Å²) in [6.07, 6.45) is 0. The number of nitrogen functional groups attached to an aromatic ring is 1. The Morgan fingerprint density at radius 3 is 2.59 bits per heavy atom.